The zero-order chi connectivity index (χ0) is 29.0. The van der Waals surface area contributed by atoms with Crippen LogP contribution >= 0.6 is 0 Å². The van der Waals surface area contributed by atoms with E-state index in [1.54, 1.807) is 4.90 Å². The normalized spacial score (nSPS) is 20.5. The monoisotopic (exact) mass is 543 g/mol. The van der Waals surface area contributed by atoms with Crippen molar-refractivity contribution < 1.29 is 23.9 Å². The molecule has 1 aliphatic carbocycles. The van der Waals surface area contributed by atoms with Crippen LogP contribution in [-0.4, -0.2) is 71.6 Å². The second kappa shape index (κ2) is 12.4. The number of hydrogen-bond acceptors (Lipinski definition) is 6. The molecule has 3 rings (SSSR count). The van der Waals surface area contributed by atoms with Gasteiger partial charge in [0.25, 0.3) is 5.91 Å². The predicted octanol–water partition coefficient (Wildman–Crippen LogP) is 2.42. The van der Waals surface area contributed by atoms with E-state index in [9.17, 15) is 19.2 Å². The Hall–Kier alpha value is -3.14. The van der Waals surface area contributed by atoms with Crippen molar-refractivity contribution in [1.29, 1.82) is 0 Å². The van der Waals surface area contributed by atoms with Crippen LogP contribution in [0.15, 0.2) is 24.3 Å². The number of piperazine rings is 1. The Balaban J connectivity index is 1.71. The first-order chi connectivity index (χ1) is 18.2. The summed E-state index contributed by atoms with van der Waals surface area (Å²) in [7, 11) is 0. The maximum Gasteiger partial charge on any atom is 0.408 e. The number of rotatable bonds is 7. The average Bonchev–Trinajstić information content (AvgIpc) is 2.85. The molecule has 216 valence electrons. The number of ether oxygens (including phenoxy) is 1. The first-order valence-electron chi connectivity index (χ1n) is 13.9. The van der Waals surface area contributed by atoms with Crippen molar-refractivity contribution in [2.45, 2.75) is 97.0 Å². The molecule has 0 aromatic heterocycles. The van der Waals surface area contributed by atoms with Crippen LogP contribution in [0.5, 0.6) is 0 Å². The SMILES string of the molecule is CC(C)[C@H](NC(=O)C(C)(C)OC(=O)NC(C)(C)C)C(=O)N1CCNC[C@H]1C(=O)N[C@@H]1CCCc2ccccc21. The molecule has 0 radical (unpaired) electrons. The molecule has 4 amide bonds. The van der Waals surface area contributed by atoms with Crippen LogP contribution in [0.1, 0.15) is 78.5 Å². The van der Waals surface area contributed by atoms with Crippen molar-refractivity contribution in [3.05, 3.63) is 35.4 Å². The van der Waals surface area contributed by atoms with Crippen molar-refractivity contribution >= 4 is 23.8 Å². The van der Waals surface area contributed by atoms with Crippen LogP contribution in [0, 0.1) is 5.92 Å². The molecule has 0 unspecified atom stereocenters. The fourth-order valence-electron chi connectivity index (χ4n) is 4.99. The highest BCUT2D eigenvalue weighted by Crippen LogP contribution is 2.29. The van der Waals surface area contributed by atoms with E-state index in [1.165, 1.54) is 19.4 Å². The number of nitrogens with one attached hydrogen (secondary N) is 4. The van der Waals surface area contributed by atoms with Gasteiger partial charge in [0.15, 0.2) is 5.60 Å². The van der Waals surface area contributed by atoms with Crippen molar-refractivity contribution in [3.8, 4) is 0 Å². The van der Waals surface area contributed by atoms with E-state index in [2.05, 4.69) is 33.4 Å². The van der Waals surface area contributed by atoms with Gasteiger partial charge in [-0.2, -0.15) is 0 Å². The second-order valence-corrected chi connectivity index (χ2v) is 12.4. The minimum atomic E-state index is -1.52. The molecule has 2 aliphatic rings. The van der Waals surface area contributed by atoms with Gasteiger partial charge in [0.05, 0.1) is 6.04 Å². The molecular formula is C29H45N5O5. The van der Waals surface area contributed by atoms with Crippen LogP contribution in [-0.2, 0) is 25.5 Å². The molecule has 1 aromatic rings. The Labute approximate surface area is 232 Å². The number of aryl methyl sites for hydroxylation is 1. The fourth-order valence-corrected chi connectivity index (χ4v) is 4.99. The molecule has 1 saturated heterocycles. The van der Waals surface area contributed by atoms with E-state index in [1.807, 2.05) is 46.8 Å². The molecule has 1 aromatic carbocycles. The molecule has 1 heterocycles. The summed E-state index contributed by atoms with van der Waals surface area (Å²) in [4.78, 5) is 54.3. The summed E-state index contributed by atoms with van der Waals surface area (Å²) in [6.45, 7) is 13.3. The lowest BCUT2D eigenvalue weighted by Gasteiger charge is -2.39. The third kappa shape index (κ3) is 7.94. The Morgan fingerprint density at radius 3 is 2.44 bits per heavy atom. The molecular weight excluding hydrogens is 498 g/mol. The molecule has 0 bridgehead atoms. The van der Waals surface area contributed by atoms with Gasteiger partial charge in [0.1, 0.15) is 12.1 Å². The molecule has 10 nitrogen and oxygen atoms in total. The first kappa shape index (κ1) is 30.4. The zero-order valence-corrected chi connectivity index (χ0v) is 24.3. The van der Waals surface area contributed by atoms with Gasteiger partial charge < -0.3 is 30.9 Å². The smallest absolute Gasteiger partial charge is 0.408 e. The summed E-state index contributed by atoms with van der Waals surface area (Å²) < 4.78 is 5.39. The van der Waals surface area contributed by atoms with Gasteiger partial charge in [-0.15, -0.1) is 0 Å². The molecule has 4 N–H and O–H groups in total. The van der Waals surface area contributed by atoms with E-state index in [0.717, 1.165) is 24.8 Å². The summed E-state index contributed by atoms with van der Waals surface area (Å²) in [5.41, 5.74) is 0.325. The van der Waals surface area contributed by atoms with E-state index in [-0.39, 0.29) is 23.8 Å². The van der Waals surface area contributed by atoms with E-state index in [0.29, 0.717) is 19.6 Å². The number of fused-ring (bicyclic) bond motifs is 1. The van der Waals surface area contributed by atoms with Gasteiger partial charge in [-0.25, -0.2) is 4.79 Å². The van der Waals surface area contributed by atoms with Crippen LogP contribution in [0.4, 0.5) is 4.79 Å². The Morgan fingerprint density at radius 1 is 1.08 bits per heavy atom. The molecule has 10 heteroatoms. The minimum absolute atomic E-state index is 0.0980. The third-order valence-corrected chi connectivity index (χ3v) is 7.11. The number of carbonyl (C=O) groups excluding carboxylic acids is 4. The summed E-state index contributed by atoms with van der Waals surface area (Å²) in [5.74, 6) is -1.40. The zero-order valence-electron chi connectivity index (χ0n) is 24.3. The quantitative estimate of drug-likeness (QED) is 0.418. The summed E-state index contributed by atoms with van der Waals surface area (Å²) >= 11 is 0. The molecule has 0 saturated carbocycles. The van der Waals surface area contributed by atoms with Gasteiger partial charge in [-0.3, -0.25) is 14.4 Å². The number of alkyl carbamates (subject to hydrolysis) is 1. The van der Waals surface area contributed by atoms with E-state index < -0.39 is 35.2 Å². The van der Waals surface area contributed by atoms with E-state index >= 15 is 0 Å². The van der Waals surface area contributed by atoms with Gasteiger partial charge >= 0.3 is 6.09 Å². The number of nitrogens with zero attached hydrogens (tertiary/aromatic N) is 1. The lowest BCUT2D eigenvalue weighted by molar-refractivity contribution is -0.148. The summed E-state index contributed by atoms with van der Waals surface area (Å²) in [5, 5.41) is 11.9. The number of amides is 4. The average molecular weight is 544 g/mol. The number of carbonyl (C=O) groups is 4. The topological polar surface area (TPSA) is 129 Å². The largest absolute Gasteiger partial charge is 0.433 e. The third-order valence-electron chi connectivity index (χ3n) is 7.11. The van der Waals surface area contributed by atoms with Gasteiger partial charge in [-0.1, -0.05) is 38.1 Å². The summed E-state index contributed by atoms with van der Waals surface area (Å²) in [6, 6.07) is 6.44. The maximum absolute atomic E-state index is 13.8. The maximum atomic E-state index is 13.8. The standard InChI is InChI=1S/C29H45N5O5/c1-18(2)23(32-26(37)29(6,7)39-27(38)33-28(3,4)5)25(36)34-16-15-30-17-22(34)24(35)31-21-14-10-12-19-11-8-9-13-20(19)21/h8-9,11,13,18,21-23,30H,10,12,14-17H2,1-7H3,(H,31,35)(H,32,37)(H,33,38)/t21-,22+,23+/m1/s1. The first-order valence-corrected chi connectivity index (χ1v) is 13.9. The van der Waals surface area contributed by atoms with Crippen molar-refractivity contribution in [2.24, 2.45) is 5.92 Å². The molecule has 1 aliphatic heterocycles. The highest BCUT2D eigenvalue weighted by molar-refractivity contribution is 5.95. The number of benzene rings is 1. The second-order valence-electron chi connectivity index (χ2n) is 12.4. The fraction of sp³-hybridized carbons (Fsp3) is 0.655. The van der Waals surface area contributed by atoms with Gasteiger partial charge in [0.2, 0.25) is 11.8 Å². The molecule has 0 spiro atoms. The Bertz CT molecular complexity index is 1060. The molecule has 3 atom stereocenters. The highest BCUT2D eigenvalue weighted by atomic mass is 16.6. The van der Waals surface area contributed by atoms with Crippen molar-refractivity contribution in [2.75, 3.05) is 19.6 Å². The van der Waals surface area contributed by atoms with Crippen molar-refractivity contribution in [1.82, 2.24) is 26.2 Å². The van der Waals surface area contributed by atoms with Gasteiger partial charge in [0, 0.05) is 25.2 Å². The Kier molecular flexibility index (Phi) is 9.64. The Morgan fingerprint density at radius 2 is 1.77 bits per heavy atom. The lowest BCUT2D eigenvalue weighted by Crippen LogP contribution is -2.64. The lowest BCUT2D eigenvalue weighted by atomic mass is 9.87. The van der Waals surface area contributed by atoms with E-state index in [4.69, 9.17) is 4.74 Å². The van der Waals surface area contributed by atoms with Crippen LogP contribution in [0.2, 0.25) is 0 Å². The van der Waals surface area contributed by atoms with Crippen LogP contribution in [0.3, 0.4) is 0 Å². The molecule has 1 fully saturated rings. The highest BCUT2D eigenvalue weighted by Gasteiger charge is 2.41. The number of hydrogen-bond donors (Lipinski definition) is 4. The summed E-state index contributed by atoms with van der Waals surface area (Å²) in [6.07, 6.45) is 2.10. The van der Waals surface area contributed by atoms with Crippen LogP contribution in [0.25, 0.3) is 0 Å². The minimum Gasteiger partial charge on any atom is -0.433 e. The van der Waals surface area contributed by atoms with Gasteiger partial charge in [-0.05, 0) is 70.9 Å². The molecule has 39 heavy (non-hydrogen) atoms. The predicted molar refractivity (Wildman–Crippen MR) is 149 cm³/mol. The van der Waals surface area contributed by atoms with Crippen LogP contribution < -0.4 is 21.3 Å². The van der Waals surface area contributed by atoms with Crippen molar-refractivity contribution in [3.63, 3.8) is 0 Å².